The highest BCUT2D eigenvalue weighted by Crippen LogP contribution is 2.21. The fourth-order valence-electron chi connectivity index (χ4n) is 3.55. The van der Waals surface area contributed by atoms with E-state index in [0.717, 1.165) is 5.82 Å². The van der Waals surface area contributed by atoms with E-state index < -0.39 is 0 Å². The summed E-state index contributed by atoms with van der Waals surface area (Å²) in [6, 6.07) is 12.5. The summed E-state index contributed by atoms with van der Waals surface area (Å²) in [6.07, 6.45) is 1.63. The van der Waals surface area contributed by atoms with Crippen LogP contribution in [0.5, 0.6) is 5.75 Å². The number of piperazine rings is 1. The van der Waals surface area contributed by atoms with Crippen molar-refractivity contribution >= 4 is 23.3 Å². The number of ether oxygens (including phenoxy) is 1. The van der Waals surface area contributed by atoms with Crippen LogP contribution in [0, 0.1) is 6.92 Å². The number of benzene rings is 1. The van der Waals surface area contributed by atoms with E-state index in [1.807, 2.05) is 25.1 Å². The summed E-state index contributed by atoms with van der Waals surface area (Å²) < 4.78 is 10.5. The highest BCUT2D eigenvalue weighted by molar-refractivity contribution is 6.06. The Morgan fingerprint density at radius 1 is 1.12 bits per heavy atom. The number of pyridine rings is 1. The van der Waals surface area contributed by atoms with Crippen molar-refractivity contribution in [3.8, 4) is 5.75 Å². The summed E-state index contributed by atoms with van der Waals surface area (Å²) in [5.41, 5.74) is 1.40. The predicted octanol–water partition coefficient (Wildman–Crippen LogP) is 2.99. The second-order valence-electron chi connectivity index (χ2n) is 7.39. The number of anilines is 2. The summed E-state index contributed by atoms with van der Waals surface area (Å²) >= 11 is 0. The Morgan fingerprint density at radius 2 is 1.91 bits per heavy atom. The molecular formula is C23H25N5O4. The van der Waals surface area contributed by atoms with Crippen molar-refractivity contribution in [3.63, 3.8) is 0 Å². The van der Waals surface area contributed by atoms with Crippen LogP contribution in [0.25, 0.3) is 0 Å². The number of rotatable bonds is 6. The first-order valence-corrected chi connectivity index (χ1v) is 10.5. The number of nitrogens with zero attached hydrogens (tertiary/aromatic N) is 4. The van der Waals surface area contributed by atoms with Gasteiger partial charge in [0.25, 0.3) is 11.8 Å². The fourth-order valence-corrected chi connectivity index (χ4v) is 3.55. The molecule has 0 spiro atoms. The molecule has 4 rings (SSSR count). The van der Waals surface area contributed by atoms with Crippen molar-refractivity contribution in [1.82, 2.24) is 15.0 Å². The maximum atomic E-state index is 12.6. The van der Waals surface area contributed by atoms with Gasteiger partial charge in [0.1, 0.15) is 17.3 Å². The molecule has 3 aromatic rings. The third kappa shape index (κ3) is 4.72. The van der Waals surface area contributed by atoms with Crippen LogP contribution in [-0.2, 0) is 0 Å². The Bertz CT molecular complexity index is 1090. The van der Waals surface area contributed by atoms with Crippen LogP contribution in [0.2, 0.25) is 0 Å². The van der Waals surface area contributed by atoms with Crippen molar-refractivity contribution in [2.24, 2.45) is 0 Å². The summed E-state index contributed by atoms with van der Waals surface area (Å²) in [5.74, 6) is 1.58. The Labute approximate surface area is 186 Å². The molecule has 1 aromatic carbocycles. The first-order valence-electron chi connectivity index (χ1n) is 10.5. The molecule has 0 unspecified atom stereocenters. The molecule has 9 nitrogen and oxygen atoms in total. The molecule has 1 aliphatic rings. The van der Waals surface area contributed by atoms with Gasteiger partial charge in [0.2, 0.25) is 0 Å². The lowest BCUT2D eigenvalue weighted by Crippen LogP contribution is -2.49. The Morgan fingerprint density at radius 3 is 2.56 bits per heavy atom. The molecule has 32 heavy (non-hydrogen) atoms. The highest BCUT2D eigenvalue weighted by atomic mass is 16.5. The summed E-state index contributed by atoms with van der Waals surface area (Å²) in [4.78, 5) is 33.5. The highest BCUT2D eigenvalue weighted by Gasteiger charge is 2.25. The van der Waals surface area contributed by atoms with Gasteiger partial charge in [-0.2, -0.15) is 0 Å². The van der Waals surface area contributed by atoms with Gasteiger partial charge in [0.05, 0.1) is 24.1 Å². The summed E-state index contributed by atoms with van der Waals surface area (Å²) in [6.45, 7) is 6.57. The van der Waals surface area contributed by atoms with Crippen LogP contribution in [0.1, 0.15) is 33.5 Å². The lowest BCUT2D eigenvalue weighted by Gasteiger charge is -2.35. The summed E-state index contributed by atoms with van der Waals surface area (Å²) in [5, 5.41) is 6.67. The van der Waals surface area contributed by atoms with Crippen molar-refractivity contribution in [2.45, 2.75) is 13.8 Å². The average molecular weight is 435 g/mol. The van der Waals surface area contributed by atoms with Gasteiger partial charge in [0, 0.05) is 32.2 Å². The monoisotopic (exact) mass is 435 g/mol. The summed E-state index contributed by atoms with van der Waals surface area (Å²) in [7, 11) is 0. The molecule has 1 aliphatic heterocycles. The Balaban J connectivity index is 1.34. The second-order valence-corrected chi connectivity index (χ2v) is 7.39. The molecule has 166 valence electrons. The molecule has 3 heterocycles. The molecule has 0 aliphatic carbocycles. The van der Waals surface area contributed by atoms with Gasteiger partial charge in [-0.05, 0) is 38.1 Å². The molecule has 1 fully saturated rings. The van der Waals surface area contributed by atoms with Crippen LogP contribution in [0.3, 0.4) is 0 Å². The number of carbonyl (C=O) groups excluding carboxylic acids is 2. The smallest absolute Gasteiger partial charge is 0.276 e. The molecule has 0 radical (unpaired) electrons. The number of nitrogens with one attached hydrogen (secondary N) is 1. The van der Waals surface area contributed by atoms with Gasteiger partial charge in [-0.15, -0.1) is 0 Å². The number of carbonyl (C=O) groups is 2. The normalized spacial score (nSPS) is 13.7. The Kier molecular flexibility index (Phi) is 6.34. The first kappa shape index (κ1) is 21.4. The van der Waals surface area contributed by atoms with E-state index in [1.54, 1.807) is 42.3 Å². The Hall–Kier alpha value is -3.88. The molecule has 0 saturated carbocycles. The van der Waals surface area contributed by atoms with Crippen LogP contribution in [0.15, 0.2) is 53.2 Å². The minimum absolute atomic E-state index is 0.125. The van der Waals surface area contributed by atoms with Crippen LogP contribution < -0.4 is 15.0 Å². The minimum atomic E-state index is -0.251. The van der Waals surface area contributed by atoms with E-state index in [1.165, 1.54) is 0 Å². The maximum Gasteiger partial charge on any atom is 0.276 e. The quantitative estimate of drug-likeness (QED) is 0.635. The van der Waals surface area contributed by atoms with Gasteiger partial charge in [-0.3, -0.25) is 9.59 Å². The number of hydrogen-bond acceptors (Lipinski definition) is 7. The van der Waals surface area contributed by atoms with E-state index in [-0.39, 0.29) is 11.8 Å². The lowest BCUT2D eigenvalue weighted by molar-refractivity contribution is 0.0736. The van der Waals surface area contributed by atoms with Gasteiger partial charge >= 0.3 is 0 Å². The van der Waals surface area contributed by atoms with Crippen molar-refractivity contribution in [1.29, 1.82) is 0 Å². The van der Waals surface area contributed by atoms with E-state index in [4.69, 9.17) is 9.26 Å². The van der Waals surface area contributed by atoms with E-state index in [0.29, 0.717) is 61.2 Å². The second kappa shape index (κ2) is 9.51. The van der Waals surface area contributed by atoms with E-state index in [9.17, 15) is 9.59 Å². The molecule has 0 atom stereocenters. The number of para-hydroxylation sites is 1. The fraction of sp³-hybridized carbons (Fsp3) is 0.304. The topological polar surface area (TPSA) is 101 Å². The SMILES string of the molecule is CCOc1ccccc1C(=O)Nc1ccc(N2CCN(C(=O)c3cc(C)on3)CC2)nc1. The van der Waals surface area contributed by atoms with Crippen LogP contribution >= 0.6 is 0 Å². The molecule has 1 saturated heterocycles. The number of aryl methyl sites for hydroxylation is 1. The number of aromatic nitrogens is 2. The molecule has 0 bridgehead atoms. The van der Waals surface area contributed by atoms with Crippen molar-refractivity contribution in [3.05, 3.63) is 65.7 Å². The zero-order chi connectivity index (χ0) is 22.5. The first-order chi connectivity index (χ1) is 15.5. The number of hydrogen-bond donors (Lipinski definition) is 1. The van der Waals surface area contributed by atoms with Gasteiger partial charge < -0.3 is 24.4 Å². The molecule has 1 N–H and O–H groups in total. The molecule has 2 aromatic heterocycles. The van der Waals surface area contributed by atoms with Gasteiger partial charge in [0.15, 0.2) is 5.69 Å². The third-order valence-electron chi connectivity index (χ3n) is 5.18. The molecule has 9 heteroatoms. The zero-order valence-corrected chi connectivity index (χ0v) is 18.1. The van der Waals surface area contributed by atoms with Crippen molar-refractivity contribution < 1.29 is 18.8 Å². The van der Waals surface area contributed by atoms with Gasteiger partial charge in [-0.1, -0.05) is 17.3 Å². The molecule has 2 amide bonds. The van der Waals surface area contributed by atoms with Crippen LogP contribution in [0.4, 0.5) is 11.5 Å². The molecular weight excluding hydrogens is 410 g/mol. The zero-order valence-electron chi connectivity index (χ0n) is 18.1. The predicted molar refractivity (Wildman–Crippen MR) is 119 cm³/mol. The number of amides is 2. The lowest BCUT2D eigenvalue weighted by atomic mass is 10.2. The standard InChI is InChI=1S/C23H25N5O4/c1-3-31-20-7-5-4-6-18(20)22(29)25-17-8-9-21(24-15-17)27-10-12-28(13-11-27)23(30)19-14-16(2)32-26-19/h4-9,14-15H,3,10-13H2,1-2H3,(H,25,29). The maximum absolute atomic E-state index is 12.6. The van der Waals surface area contributed by atoms with Gasteiger partial charge in [-0.25, -0.2) is 4.98 Å². The minimum Gasteiger partial charge on any atom is -0.493 e. The largest absolute Gasteiger partial charge is 0.493 e. The van der Waals surface area contributed by atoms with Crippen molar-refractivity contribution in [2.75, 3.05) is 43.0 Å². The van der Waals surface area contributed by atoms with E-state index in [2.05, 4.69) is 20.4 Å². The van der Waals surface area contributed by atoms with E-state index >= 15 is 0 Å². The van der Waals surface area contributed by atoms with Crippen LogP contribution in [-0.4, -0.2) is 59.6 Å². The third-order valence-corrected chi connectivity index (χ3v) is 5.18. The average Bonchev–Trinajstić information content (AvgIpc) is 3.26.